The van der Waals surface area contributed by atoms with Crippen LogP contribution in [0.25, 0.3) is 0 Å². The second kappa shape index (κ2) is 7.10. The first-order valence-electron chi connectivity index (χ1n) is 3.79. The van der Waals surface area contributed by atoms with Gasteiger partial charge in [0.25, 0.3) is 0 Å². The van der Waals surface area contributed by atoms with Gasteiger partial charge in [0, 0.05) is 13.1 Å². The van der Waals surface area contributed by atoms with Crippen molar-refractivity contribution in [2.75, 3.05) is 13.2 Å². The molecule has 1 aromatic carbocycles. The summed E-state index contributed by atoms with van der Waals surface area (Å²) >= 11 is 0. The number of hydrogen-bond acceptors (Lipinski definition) is 2. The predicted octanol–water partition coefficient (Wildman–Crippen LogP) is -2.23. The van der Waals surface area contributed by atoms with Gasteiger partial charge in [-0.2, -0.15) is 0 Å². The summed E-state index contributed by atoms with van der Waals surface area (Å²) in [6.45, 7) is 1.70. The van der Waals surface area contributed by atoms with Crippen LogP contribution in [0.15, 0.2) is 30.3 Å². The average molecular weight is 187 g/mol. The van der Waals surface area contributed by atoms with E-state index in [9.17, 15) is 0 Å². The number of hydrogen-bond donors (Lipinski definition) is 2. The van der Waals surface area contributed by atoms with Crippen molar-refractivity contribution >= 4 is 0 Å². The third-order valence-corrected chi connectivity index (χ3v) is 1.46. The summed E-state index contributed by atoms with van der Waals surface area (Å²) in [5.41, 5.74) is 1.25. The lowest BCUT2D eigenvalue weighted by molar-refractivity contribution is -0.00000336. The molecule has 0 atom stereocenters. The topological polar surface area (TPSA) is 32.3 Å². The second-order valence-corrected chi connectivity index (χ2v) is 2.39. The number of rotatable bonds is 4. The highest BCUT2D eigenvalue weighted by atomic mass is 35.5. The molecular formula is C9H13ClNO-. The summed E-state index contributed by atoms with van der Waals surface area (Å²) in [6.07, 6.45) is 0. The molecule has 0 spiro atoms. The smallest absolute Gasteiger partial charge is 0.0556 e. The fourth-order valence-electron chi connectivity index (χ4n) is 0.908. The molecule has 68 valence electrons. The van der Waals surface area contributed by atoms with Crippen LogP contribution in [0.1, 0.15) is 5.56 Å². The average Bonchev–Trinajstić information content (AvgIpc) is 2.07. The van der Waals surface area contributed by atoms with Crippen LogP contribution in [-0.4, -0.2) is 18.3 Å². The van der Waals surface area contributed by atoms with Crippen molar-refractivity contribution < 1.29 is 17.5 Å². The zero-order valence-electron chi connectivity index (χ0n) is 6.83. The van der Waals surface area contributed by atoms with Gasteiger partial charge in [0.05, 0.1) is 6.61 Å². The third-order valence-electron chi connectivity index (χ3n) is 1.46. The van der Waals surface area contributed by atoms with Gasteiger partial charge in [-0.25, -0.2) is 0 Å². The quantitative estimate of drug-likeness (QED) is 0.522. The monoisotopic (exact) mass is 186 g/mol. The van der Waals surface area contributed by atoms with Gasteiger partial charge in [0.1, 0.15) is 0 Å². The summed E-state index contributed by atoms with van der Waals surface area (Å²) < 4.78 is 0. The van der Waals surface area contributed by atoms with E-state index in [1.54, 1.807) is 0 Å². The highest BCUT2D eigenvalue weighted by Gasteiger charge is 1.87. The zero-order chi connectivity index (χ0) is 7.94. The van der Waals surface area contributed by atoms with E-state index in [-0.39, 0.29) is 19.0 Å². The molecule has 0 aliphatic carbocycles. The Morgan fingerprint density at radius 1 is 1.17 bits per heavy atom. The molecular weight excluding hydrogens is 174 g/mol. The molecule has 0 bridgehead atoms. The molecule has 0 amide bonds. The Bertz CT molecular complexity index is 191. The van der Waals surface area contributed by atoms with E-state index < -0.39 is 0 Å². The number of aliphatic hydroxyl groups excluding tert-OH is 1. The molecule has 0 saturated carbocycles. The van der Waals surface area contributed by atoms with Crippen LogP contribution < -0.4 is 17.7 Å². The van der Waals surface area contributed by atoms with Gasteiger partial charge < -0.3 is 22.8 Å². The summed E-state index contributed by atoms with van der Waals surface area (Å²) in [5.74, 6) is 0. The maximum atomic E-state index is 8.48. The van der Waals surface area contributed by atoms with Gasteiger partial charge in [0.2, 0.25) is 0 Å². The number of aliphatic hydroxyl groups is 1. The Morgan fingerprint density at radius 2 is 1.83 bits per heavy atom. The van der Waals surface area contributed by atoms with Crippen molar-refractivity contribution in [1.29, 1.82) is 0 Å². The van der Waals surface area contributed by atoms with Crippen molar-refractivity contribution in [3.8, 4) is 0 Å². The lowest BCUT2D eigenvalue weighted by atomic mass is 10.2. The first-order valence-corrected chi connectivity index (χ1v) is 3.79. The van der Waals surface area contributed by atoms with Crippen LogP contribution in [0.4, 0.5) is 0 Å². The van der Waals surface area contributed by atoms with Crippen molar-refractivity contribution in [3.63, 3.8) is 0 Å². The first-order chi connectivity index (χ1) is 5.43. The van der Waals surface area contributed by atoms with E-state index in [4.69, 9.17) is 5.11 Å². The number of benzene rings is 1. The van der Waals surface area contributed by atoms with Crippen LogP contribution in [-0.2, 0) is 6.54 Å². The van der Waals surface area contributed by atoms with Gasteiger partial charge in [-0.1, -0.05) is 30.3 Å². The predicted molar refractivity (Wildman–Crippen MR) is 45.2 cm³/mol. The zero-order valence-corrected chi connectivity index (χ0v) is 7.59. The molecule has 0 aliphatic rings. The fourth-order valence-corrected chi connectivity index (χ4v) is 0.908. The van der Waals surface area contributed by atoms with E-state index in [1.807, 2.05) is 18.2 Å². The minimum atomic E-state index is 0. The third kappa shape index (κ3) is 4.34. The lowest BCUT2D eigenvalue weighted by Gasteiger charge is -2.01. The van der Waals surface area contributed by atoms with Gasteiger partial charge >= 0.3 is 0 Å². The number of nitrogens with one attached hydrogen (secondary N) is 1. The molecule has 0 fully saturated rings. The fraction of sp³-hybridized carbons (Fsp3) is 0.333. The molecule has 0 aromatic heterocycles. The maximum absolute atomic E-state index is 8.48. The van der Waals surface area contributed by atoms with Crippen LogP contribution >= 0.6 is 0 Å². The molecule has 0 aliphatic heterocycles. The molecule has 1 aromatic rings. The summed E-state index contributed by atoms with van der Waals surface area (Å²) in [7, 11) is 0. The highest BCUT2D eigenvalue weighted by molar-refractivity contribution is 5.14. The van der Waals surface area contributed by atoms with Crippen molar-refractivity contribution in [2.45, 2.75) is 6.54 Å². The molecule has 0 heterocycles. The van der Waals surface area contributed by atoms with Gasteiger partial charge in [-0.3, -0.25) is 0 Å². The Hall–Kier alpha value is -0.570. The van der Waals surface area contributed by atoms with Crippen LogP contribution in [0.3, 0.4) is 0 Å². The molecule has 3 heteroatoms. The van der Waals surface area contributed by atoms with E-state index in [1.165, 1.54) is 5.56 Å². The van der Waals surface area contributed by atoms with Gasteiger partial charge in [-0.15, -0.1) is 0 Å². The van der Waals surface area contributed by atoms with E-state index >= 15 is 0 Å². The van der Waals surface area contributed by atoms with E-state index in [0.717, 1.165) is 6.54 Å². The van der Waals surface area contributed by atoms with Gasteiger partial charge in [0.15, 0.2) is 0 Å². The largest absolute Gasteiger partial charge is 1.00 e. The standard InChI is InChI=1S/C9H13NO.ClH/c11-7-6-10-8-9-4-2-1-3-5-9;/h1-5,10-11H,6-8H2;1H/p-1. The maximum Gasteiger partial charge on any atom is 0.0556 e. The molecule has 2 N–H and O–H groups in total. The Morgan fingerprint density at radius 3 is 2.42 bits per heavy atom. The molecule has 1 rings (SSSR count). The summed E-state index contributed by atoms with van der Waals surface area (Å²) in [5, 5.41) is 11.6. The SMILES string of the molecule is OCCNCc1ccccc1.[Cl-]. The molecule has 0 radical (unpaired) electrons. The Balaban J connectivity index is 0.00000121. The van der Waals surface area contributed by atoms with Crippen molar-refractivity contribution in [3.05, 3.63) is 35.9 Å². The minimum Gasteiger partial charge on any atom is -1.00 e. The minimum absolute atomic E-state index is 0. The lowest BCUT2D eigenvalue weighted by Crippen LogP contribution is -3.00. The molecule has 0 saturated heterocycles. The van der Waals surface area contributed by atoms with Crippen LogP contribution in [0, 0.1) is 0 Å². The van der Waals surface area contributed by atoms with Crippen molar-refractivity contribution in [1.82, 2.24) is 5.32 Å². The summed E-state index contributed by atoms with van der Waals surface area (Å²) in [4.78, 5) is 0. The van der Waals surface area contributed by atoms with Crippen LogP contribution in [0.5, 0.6) is 0 Å². The van der Waals surface area contributed by atoms with Crippen molar-refractivity contribution in [2.24, 2.45) is 0 Å². The summed E-state index contributed by atoms with van der Waals surface area (Å²) in [6, 6.07) is 10.1. The highest BCUT2D eigenvalue weighted by Crippen LogP contribution is 1.96. The normalized spacial score (nSPS) is 9.08. The molecule has 2 nitrogen and oxygen atoms in total. The molecule has 12 heavy (non-hydrogen) atoms. The van der Waals surface area contributed by atoms with Crippen LogP contribution in [0.2, 0.25) is 0 Å². The van der Waals surface area contributed by atoms with E-state index in [2.05, 4.69) is 17.4 Å². The molecule has 0 unspecified atom stereocenters. The Labute approximate surface area is 79.0 Å². The van der Waals surface area contributed by atoms with Gasteiger partial charge in [-0.05, 0) is 5.56 Å². The second-order valence-electron chi connectivity index (χ2n) is 2.39. The Kier molecular flexibility index (Phi) is 6.76. The van der Waals surface area contributed by atoms with E-state index in [0.29, 0.717) is 6.54 Å². The number of halogens is 1. The first kappa shape index (κ1) is 11.4.